The van der Waals surface area contributed by atoms with Crippen molar-refractivity contribution >= 4 is 33.1 Å². The second kappa shape index (κ2) is 9.91. The van der Waals surface area contributed by atoms with Gasteiger partial charge in [0.2, 0.25) is 0 Å². The van der Waals surface area contributed by atoms with Crippen LogP contribution in [0, 0.1) is 0 Å². The van der Waals surface area contributed by atoms with Gasteiger partial charge in [-0.2, -0.15) is 0 Å². The zero-order valence-corrected chi connectivity index (χ0v) is 17.4. The van der Waals surface area contributed by atoms with Crippen molar-refractivity contribution in [3.05, 3.63) is 59.1 Å². The topological polar surface area (TPSA) is 83.9 Å². The SMILES string of the molecule is CN(C)c1ccc(S(=O)(=O)C(CCOCCc2ccc(Cl)cc2)C(=O)O)cc1. The Labute approximate surface area is 170 Å². The molecule has 28 heavy (non-hydrogen) atoms. The van der Waals surface area contributed by atoms with Gasteiger partial charge >= 0.3 is 5.97 Å². The lowest BCUT2D eigenvalue weighted by molar-refractivity contribution is -0.136. The lowest BCUT2D eigenvalue weighted by Crippen LogP contribution is -2.31. The van der Waals surface area contributed by atoms with Gasteiger partial charge in [-0.05, 0) is 54.8 Å². The first-order chi connectivity index (χ1) is 13.2. The minimum Gasteiger partial charge on any atom is -0.480 e. The average molecular weight is 426 g/mol. The van der Waals surface area contributed by atoms with Gasteiger partial charge in [0.15, 0.2) is 15.1 Å². The van der Waals surface area contributed by atoms with Crippen molar-refractivity contribution in [3.63, 3.8) is 0 Å². The number of ether oxygens (including phenoxy) is 1. The zero-order chi connectivity index (χ0) is 20.7. The number of nitrogens with zero attached hydrogens (tertiary/aromatic N) is 1. The molecule has 0 spiro atoms. The lowest BCUT2D eigenvalue weighted by atomic mass is 10.2. The number of anilines is 1. The number of sulfone groups is 1. The molecule has 0 amide bonds. The van der Waals surface area contributed by atoms with Gasteiger partial charge in [0.05, 0.1) is 11.5 Å². The first-order valence-corrected chi connectivity index (χ1v) is 10.7. The summed E-state index contributed by atoms with van der Waals surface area (Å²) in [6, 6.07) is 13.5. The van der Waals surface area contributed by atoms with Gasteiger partial charge < -0.3 is 14.7 Å². The van der Waals surface area contributed by atoms with Crippen molar-refractivity contribution < 1.29 is 23.1 Å². The number of carboxylic acid groups (broad SMARTS) is 1. The molecule has 0 radical (unpaired) electrons. The summed E-state index contributed by atoms with van der Waals surface area (Å²) in [5.74, 6) is -1.38. The van der Waals surface area contributed by atoms with E-state index in [-0.39, 0.29) is 17.9 Å². The maximum absolute atomic E-state index is 12.7. The Bertz CT molecular complexity index is 880. The highest BCUT2D eigenvalue weighted by atomic mass is 35.5. The van der Waals surface area contributed by atoms with Crippen LogP contribution in [0.15, 0.2) is 53.4 Å². The molecule has 0 aromatic heterocycles. The fourth-order valence-electron chi connectivity index (χ4n) is 2.64. The lowest BCUT2D eigenvalue weighted by Gasteiger charge is -2.16. The summed E-state index contributed by atoms with van der Waals surface area (Å²) >= 11 is 5.83. The Morgan fingerprint density at radius 3 is 2.21 bits per heavy atom. The minimum atomic E-state index is -4.00. The normalized spacial score (nSPS) is 12.5. The van der Waals surface area contributed by atoms with E-state index in [0.717, 1.165) is 11.3 Å². The largest absolute Gasteiger partial charge is 0.480 e. The molecule has 0 heterocycles. The molecule has 0 bridgehead atoms. The third-order valence-corrected chi connectivity index (χ3v) is 6.67. The van der Waals surface area contributed by atoms with Gasteiger partial charge in [0.1, 0.15) is 0 Å². The maximum atomic E-state index is 12.7. The van der Waals surface area contributed by atoms with Crippen molar-refractivity contribution in [2.75, 3.05) is 32.2 Å². The smallest absolute Gasteiger partial charge is 0.322 e. The van der Waals surface area contributed by atoms with Crippen LogP contribution in [-0.4, -0.2) is 52.1 Å². The Balaban J connectivity index is 1.94. The molecule has 0 saturated carbocycles. The molecule has 0 aliphatic carbocycles. The second-order valence-electron chi connectivity index (χ2n) is 6.54. The number of aliphatic carboxylic acids is 1. The number of rotatable bonds is 10. The Hall–Kier alpha value is -2.09. The van der Waals surface area contributed by atoms with E-state index in [1.807, 2.05) is 31.1 Å². The highest BCUT2D eigenvalue weighted by Crippen LogP contribution is 2.22. The number of benzene rings is 2. The van der Waals surface area contributed by atoms with E-state index >= 15 is 0 Å². The maximum Gasteiger partial charge on any atom is 0.322 e. The Kier molecular flexibility index (Phi) is 7.86. The molecule has 6 nitrogen and oxygen atoms in total. The van der Waals surface area contributed by atoms with Gasteiger partial charge in [-0.15, -0.1) is 0 Å². The molecule has 2 aromatic carbocycles. The van der Waals surface area contributed by atoms with Crippen LogP contribution in [0.3, 0.4) is 0 Å². The van der Waals surface area contributed by atoms with Crippen molar-refractivity contribution in [2.24, 2.45) is 0 Å². The molecule has 2 aromatic rings. The summed E-state index contributed by atoms with van der Waals surface area (Å²) in [5, 5.41) is 8.52. The monoisotopic (exact) mass is 425 g/mol. The van der Waals surface area contributed by atoms with Gasteiger partial charge in [-0.1, -0.05) is 23.7 Å². The van der Waals surface area contributed by atoms with Crippen LogP contribution in [0.1, 0.15) is 12.0 Å². The zero-order valence-electron chi connectivity index (χ0n) is 15.8. The number of carboxylic acids is 1. The van der Waals surface area contributed by atoms with Gasteiger partial charge in [0, 0.05) is 31.4 Å². The molecule has 1 N–H and O–H groups in total. The summed E-state index contributed by atoms with van der Waals surface area (Å²) in [5.41, 5.74) is 1.86. The van der Waals surface area contributed by atoms with Crippen LogP contribution in [-0.2, 0) is 25.8 Å². The van der Waals surface area contributed by atoms with E-state index in [2.05, 4.69) is 0 Å². The summed E-state index contributed by atoms with van der Waals surface area (Å²) in [6.45, 7) is 0.408. The van der Waals surface area contributed by atoms with Gasteiger partial charge in [-0.3, -0.25) is 4.79 Å². The molecule has 152 valence electrons. The summed E-state index contributed by atoms with van der Waals surface area (Å²) < 4.78 is 30.9. The number of carbonyl (C=O) groups is 1. The van der Waals surface area contributed by atoms with Crippen molar-refractivity contribution in [1.82, 2.24) is 0 Å². The van der Waals surface area contributed by atoms with Gasteiger partial charge in [0.25, 0.3) is 0 Å². The van der Waals surface area contributed by atoms with Crippen molar-refractivity contribution in [2.45, 2.75) is 23.0 Å². The van der Waals surface area contributed by atoms with Crippen LogP contribution < -0.4 is 4.90 Å². The average Bonchev–Trinajstić information content (AvgIpc) is 2.65. The quantitative estimate of drug-likeness (QED) is 0.588. The Morgan fingerprint density at radius 2 is 1.68 bits per heavy atom. The number of hydrogen-bond acceptors (Lipinski definition) is 5. The van der Waals surface area contributed by atoms with Crippen LogP contribution in [0.25, 0.3) is 0 Å². The molecule has 0 saturated heterocycles. The molecule has 0 fully saturated rings. The molecule has 1 atom stereocenters. The summed E-state index contributed by atoms with van der Waals surface area (Å²) in [4.78, 5) is 13.4. The molecule has 0 aliphatic heterocycles. The van der Waals surface area contributed by atoms with Crippen LogP contribution in [0.2, 0.25) is 5.02 Å². The fraction of sp³-hybridized carbons (Fsp3) is 0.350. The van der Waals surface area contributed by atoms with Crippen LogP contribution in [0.4, 0.5) is 5.69 Å². The van der Waals surface area contributed by atoms with E-state index in [9.17, 15) is 18.3 Å². The van der Waals surface area contributed by atoms with E-state index in [0.29, 0.717) is 18.1 Å². The van der Waals surface area contributed by atoms with E-state index in [1.54, 1.807) is 24.3 Å². The summed E-state index contributed by atoms with van der Waals surface area (Å²) in [7, 11) is -0.323. The van der Waals surface area contributed by atoms with Crippen LogP contribution in [0.5, 0.6) is 0 Å². The predicted octanol–water partition coefficient (Wildman–Crippen LogP) is 3.28. The third-order valence-electron chi connectivity index (χ3n) is 4.30. The Morgan fingerprint density at radius 1 is 1.07 bits per heavy atom. The van der Waals surface area contributed by atoms with Crippen molar-refractivity contribution in [1.29, 1.82) is 0 Å². The molecule has 2 rings (SSSR count). The fourth-order valence-corrected chi connectivity index (χ4v) is 4.29. The molecule has 0 aliphatic rings. The standard InChI is InChI=1S/C20H24ClNO5S/c1-22(2)17-7-9-18(10-8-17)28(25,26)19(20(23)24)12-14-27-13-11-15-3-5-16(21)6-4-15/h3-10,19H,11-14H2,1-2H3,(H,23,24). The first-order valence-electron chi connectivity index (χ1n) is 8.78. The number of hydrogen-bond donors (Lipinski definition) is 1. The third kappa shape index (κ3) is 5.95. The second-order valence-corrected chi connectivity index (χ2v) is 9.10. The first kappa shape index (κ1) is 22.2. The molecular weight excluding hydrogens is 402 g/mol. The molecular formula is C20H24ClNO5S. The number of halogens is 1. The van der Waals surface area contributed by atoms with E-state index in [1.165, 1.54) is 12.1 Å². The van der Waals surface area contributed by atoms with Crippen molar-refractivity contribution in [3.8, 4) is 0 Å². The van der Waals surface area contributed by atoms with Gasteiger partial charge in [-0.25, -0.2) is 8.42 Å². The minimum absolute atomic E-state index is 0.00772. The summed E-state index contributed by atoms with van der Waals surface area (Å²) in [6.07, 6.45) is 0.515. The highest BCUT2D eigenvalue weighted by Gasteiger charge is 2.33. The molecule has 8 heteroatoms. The molecule has 1 unspecified atom stereocenters. The predicted molar refractivity (Wildman–Crippen MR) is 110 cm³/mol. The highest BCUT2D eigenvalue weighted by molar-refractivity contribution is 7.92. The van der Waals surface area contributed by atoms with Crippen LogP contribution >= 0.6 is 11.6 Å². The van der Waals surface area contributed by atoms with E-state index in [4.69, 9.17) is 16.3 Å². The van der Waals surface area contributed by atoms with E-state index < -0.39 is 21.1 Å².